The molecule has 9 N–H and O–H groups in total. The largest absolute Gasteiger partial charge is 0.481 e. The van der Waals surface area contributed by atoms with Gasteiger partial charge in [-0.15, -0.1) is 0 Å². The molecule has 13 nitrogen and oxygen atoms in total. The molecule has 13 heteroatoms. The highest BCUT2D eigenvalue weighted by atomic mass is 16.4. The summed E-state index contributed by atoms with van der Waals surface area (Å²) < 4.78 is 0. The zero-order valence-electron chi connectivity index (χ0n) is 25.0. The summed E-state index contributed by atoms with van der Waals surface area (Å²) >= 11 is 0. The summed E-state index contributed by atoms with van der Waals surface area (Å²) in [5.74, 6) is -5.15. The fourth-order valence-corrected chi connectivity index (χ4v) is 5.23. The van der Waals surface area contributed by atoms with Gasteiger partial charge in [0.05, 0.1) is 12.5 Å². The predicted molar refractivity (Wildman–Crippen MR) is 167 cm³/mol. The maximum atomic E-state index is 13.9. The SMILES string of the molecule is CCC(C)C(NC(=O)C(Cc1c[nH]c2ccccc12)NC(=O)C(Cc1c[nH]c2ccccc12)NC(=O)C(N)CC(=O)O)C(=O)O. The number of fused-ring (bicyclic) bond motifs is 2. The lowest BCUT2D eigenvalue weighted by Gasteiger charge is -2.26. The Balaban J connectivity index is 1.65. The third-order valence-corrected chi connectivity index (χ3v) is 7.97. The first-order valence-electron chi connectivity index (χ1n) is 14.7. The highest BCUT2D eigenvalue weighted by Crippen LogP contribution is 2.21. The number of carboxylic acid groups (broad SMARTS) is 2. The molecule has 0 aliphatic carbocycles. The van der Waals surface area contributed by atoms with Crippen LogP contribution in [-0.4, -0.2) is 74.0 Å². The maximum absolute atomic E-state index is 13.9. The maximum Gasteiger partial charge on any atom is 0.326 e. The Labute approximate surface area is 258 Å². The molecule has 3 amide bonds. The van der Waals surface area contributed by atoms with E-state index in [9.17, 15) is 29.1 Å². The first-order valence-corrected chi connectivity index (χ1v) is 14.7. The van der Waals surface area contributed by atoms with Crippen molar-refractivity contribution in [1.82, 2.24) is 25.9 Å². The van der Waals surface area contributed by atoms with Crippen molar-refractivity contribution in [1.29, 1.82) is 0 Å². The quantitative estimate of drug-likeness (QED) is 0.0980. The molecule has 0 aliphatic heterocycles. The minimum absolute atomic E-state index is 0.00653. The molecule has 4 rings (SSSR count). The standard InChI is InChI=1S/C32H38N6O7/c1-3-17(2)28(32(44)45)38-31(43)26(13-19-16-35-24-11-7-5-9-21(19)24)37-30(42)25(36-29(41)22(33)14-27(39)40)12-18-15-34-23-10-6-4-8-20(18)23/h4-11,15-17,22,25-26,28,34-35H,3,12-14,33H2,1-2H3,(H,36,41)(H,37,42)(H,38,43)(H,39,40)(H,44,45). The summed E-state index contributed by atoms with van der Waals surface area (Å²) in [5.41, 5.74) is 8.82. The van der Waals surface area contributed by atoms with E-state index in [4.69, 9.17) is 10.8 Å². The molecule has 2 heterocycles. The number of H-pyrrole nitrogens is 2. The van der Waals surface area contributed by atoms with Gasteiger partial charge < -0.3 is 41.9 Å². The normalized spacial score (nSPS) is 14.6. The van der Waals surface area contributed by atoms with Gasteiger partial charge in [-0.25, -0.2) is 4.79 Å². The first-order chi connectivity index (χ1) is 21.5. The Hall–Kier alpha value is -5.17. The lowest BCUT2D eigenvalue weighted by molar-refractivity contribution is -0.143. The molecule has 5 unspecified atom stereocenters. The Bertz CT molecular complexity index is 1700. The lowest BCUT2D eigenvalue weighted by Crippen LogP contribution is -2.58. The van der Waals surface area contributed by atoms with E-state index >= 15 is 0 Å². The second-order valence-electron chi connectivity index (χ2n) is 11.2. The molecule has 2 aromatic carbocycles. The van der Waals surface area contributed by atoms with Crippen molar-refractivity contribution in [3.05, 3.63) is 72.1 Å². The summed E-state index contributed by atoms with van der Waals surface area (Å²) in [5, 5.41) is 28.4. The summed E-state index contributed by atoms with van der Waals surface area (Å²) in [6.07, 6.45) is 3.27. The van der Waals surface area contributed by atoms with Gasteiger partial charge in [-0.05, 0) is 29.2 Å². The van der Waals surface area contributed by atoms with Crippen LogP contribution >= 0.6 is 0 Å². The molecule has 0 radical (unpaired) electrons. The van der Waals surface area contributed by atoms with Crippen molar-refractivity contribution in [3.63, 3.8) is 0 Å². The van der Waals surface area contributed by atoms with Crippen LogP contribution in [0.15, 0.2) is 60.9 Å². The number of benzene rings is 2. The van der Waals surface area contributed by atoms with Crippen LogP contribution < -0.4 is 21.7 Å². The van der Waals surface area contributed by atoms with E-state index in [0.717, 1.165) is 21.8 Å². The van der Waals surface area contributed by atoms with Gasteiger partial charge in [0.25, 0.3) is 0 Å². The number of nitrogens with two attached hydrogens (primary N) is 1. The van der Waals surface area contributed by atoms with Crippen molar-refractivity contribution in [3.8, 4) is 0 Å². The number of aromatic nitrogens is 2. The molecule has 5 atom stereocenters. The molecule has 4 aromatic rings. The summed E-state index contributed by atoms with van der Waals surface area (Å²) in [6.45, 7) is 3.52. The third-order valence-electron chi connectivity index (χ3n) is 7.97. The molecule has 0 aliphatic rings. The van der Waals surface area contributed by atoms with Crippen molar-refractivity contribution < 1.29 is 34.2 Å². The molecule has 0 saturated heterocycles. The van der Waals surface area contributed by atoms with Crippen molar-refractivity contribution >= 4 is 51.5 Å². The van der Waals surface area contributed by atoms with E-state index in [1.165, 1.54) is 0 Å². The summed E-state index contributed by atoms with van der Waals surface area (Å²) in [4.78, 5) is 69.9. The molecule has 45 heavy (non-hydrogen) atoms. The van der Waals surface area contributed by atoms with Gasteiger partial charge in [0.1, 0.15) is 18.1 Å². The van der Waals surface area contributed by atoms with E-state index < -0.39 is 60.2 Å². The van der Waals surface area contributed by atoms with Crippen molar-refractivity contribution in [2.45, 2.75) is 63.7 Å². The molecule has 2 aromatic heterocycles. The van der Waals surface area contributed by atoms with Crippen molar-refractivity contribution in [2.75, 3.05) is 0 Å². The number of aromatic amines is 2. The van der Waals surface area contributed by atoms with Crippen LogP contribution in [-0.2, 0) is 36.8 Å². The van der Waals surface area contributed by atoms with E-state index in [0.29, 0.717) is 17.5 Å². The van der Waals surface area contributed by atoms with Crippen LogP contribution in [0.5, 0.6) is 0 Å². The van der Waals surface area contributed by atoms with E-state index in [1.54, 1.807) is 19.3 Å². The minimum Gasteiger partial charge on any atom is -0.481 e. The zero-order chi connectivity index (χ0) is 32.7. The first kappa shape index (κ1) is 32.7. The number of hydrogen-bond donors (Lipinski definition) is 8. The van der Waals surface area contributed by atoms with Crippen LogP contribution in [0.1, 0.15) is 37.8 Å². The lowest BCUT2D eigenvalue weighted by atomic mass is 9.97. The van der Waals surface area contributed by atoms with E-state index in [1.807, 2.05) is 55.5 Å². The number of amides is 3. The molecule has 0 spiro atoms. The van der Waals surface area contributed by atoms with Crippen LogP contribution in [0.4, 0.5) is 0 Å². The number of carbonyl (C=O) groups is 5. The van der Waals surface area contributed by atoms with Crippen LogP contribution in [0, 0.1) is 5.92 Å². The Kier molecular flexibility index (Phi) is 10.6. The molecule has 0 fully saturated rings. The van der Waals surface area contributed by atoms with Gasteiger partial charge >= 0.3 is 11.9 Å². The average molecular weight is 619 g/mol. The van der Waals surface area contributed by atoms with Crippen molar-refractivity contribution in [2.24, 2.45) is 11.7 Å². The summed E-state index contributed by atoms with van der Waals surface area (Å²) in [7, 11) is 0. The zero-order valence-corrected chi connectivity index (χ0v) is 25.0. The molecular weight excluding hydrogens is 580 g/mol. The van der Waals surface area contributed by atoms with Gasteiger partial charge in [0.2, 0.25) is 17.7 Å². The monoisotopic (exact) mass is 618 g/mol. The second kappa shape index (κ2) is 14.5. The molecule has 238 valence electrons. The van der Waals surface area contributed by atoms with Crippen LogP contribution in [0.25, 0.3) is 21.8 Å². The number of rotatable bonds is 15. The van der Waals surface area contributed by atoms with Crippen LogP contribution in [0.2, 0.25) is 0 Å². The molecular formula is C32H38N6O7. The fourth-order valence-electron chi connectivity index (χ4n) is 5.23. The van der Waals surface area contributed by atoms with Gasteiger partial charge in [0.15, 0.2) is 0 Å². The Morgan fingerprint density at radius 1 is 0.756 bits per heavy atom. The topological polar surface area (TPSA) is 219 Å². The average Bonchev–Trinajstić information content (AvgIpc) is 3.62. The number of carboxylic acids is 2. The molecule has 0 saturated carbocycles. The van der Waals surface area contributed by atoms with Gasteiger partial charge in [-0.2, -0.15) is 0 Å². The molecule has 0 bridgehead atoms. The van der Waals surface area contributed by atoms with E-state index in [2.05, 4.69) is 25.9 Å². The third kappa shape index (κ3) is 8.06. The smallest absolute Gasteiger partial charge is 0.326 e. The van der Waals surface area contributed by atoms with Gasteiger partial charge in [0, 0.05) is 47.0 Å². The summed E-state index contributed by atoms with van der Waals surface area (Å²) in [6, 6.07) is 9.70. The van der Waals surface area contributed by atoms with E-state index in [-0.39, 0.29) is 18.8 Å². The number of aliphatic carboxylic acids is 2. The minimum atomic E-state index is -1.42. The van der Waals surface area contributed by atoms with Gasteiger partial charge in [-0.1, -0.05) is 56.7 Å². The number of hydrogen-bond acceptors (Lipinski definition) is 6. The number of nitrogens with one attached hydrogen (secondary N) is 5. The fraction of sp³-hybridized carbons (Fsp3) is 0.344. The van der Waals surface area contributed by atoms with Crippen LogP contribution in [0.3, 0.4) is 0 Å². The Morgan fingerprint density at radius 3 is 1.69 bits per heavy atom. The van der Waals surface area contributed by atoms with Gasteiger partial charge in [-0.3, -0.25) is 19.2 Å². The number of carbonyl (C=O) groups excluding carboxylic acids is 3. The second-order valence-corrected chi connectivity index (χ2v) is 11.2. The predicted octanol–water partition coefficient (Wildman–Crippen LogP) is 1.82. The highest BCUT2D eigenvalue weighted by Gasteiger charge is 2.33. The number of para-hydroxylation sites is 2. The highest BCUT2D eigenvalue weighted by molar-refractivity contribution is 5.96. The Morgan fingerprint density at radius 2 is 1.22 bits per heavy atom.